The maximum atomic E-state index is 5.36. The lowest BCUT2D eigenvalue weighted by molar-refractivity contribution is 0.406. The number of benzene rings is 1. The maximum absolute atomic E-state index is 5.36. The molecule has 1 aliphatic carbocycles. The summed E-state index contributed by atoms with van der Waals surface area (Å²) in [6, 6.07) is 8.31. The van der Waals surface area contributed by atoms with E-state index < -0.39 is 0 Å². The average Bonchev–Trinajstić information content (AvgIpc) is 2.30. The zero-order valence-electron chi connectivity index (χ0n) is 8.57. The van der Waals surface area contributed by atoms with E-state index in [1.165, 1.54) is 24.8 Å². The minimum atomic E-state index is 0.555. The number of hydrogen-bond acceptors (Lipinski definition) is 1. The van der Waals surface area contributed by atoms with Crippen molar-refractivity contribution in [2.24, 2.45) is 0 Å². The van der Waals surface area contributed by atoms with Gasteiger partial charge in [-0.3, -0.25) is 0 Å². The molecule has 0 bridgehead atoms. The van der Waals surface area contributed by atoms with Crippen molar-refractivity contribution in [2.45, 2.75) is 25.2 Å². The predicted molar refractivity (Wildman–Crippen MR) is 58.7 cm³/mol. The highest BCUT2D eigenvalue weighted by Gasteiger charge is 2.14. The lowest BCUT2D eigenvalue weighted by atomic mass is 9.89. The highest BCUT2D eigenvalue weighted by atomic mass is 16.5. The first-order chi connectivity index (χ1) is 6.92. The molecule has 0 saturated carbocycles. The third-order valence-corrected chi connectivity index (χ3v) is 2.79. The Hall–Kier alpha value is -1.24. The van der Waals surface area contributed by atoms with Gasteiger partial charge in [0.1, 0.15) is 5.75 Å². The molecule has 1 aromatic rings. The summed E-state index contributed by atoms with van der Waals surface area (Å²) in [5.41, 5.74) is 1.32. The van der Waals surface area contributed by atoms with Gasteiger partial charge in [0.25, 0.3) is 0 Å². The van der Waals surface area contributed by atoms with Crippen LogP contribution in [0.4, 0.5) is 0 Å². The molecule has 0 heterocycles. The third kappa shape index (κ3) is 1.82. The van der Waals surface area contributed by atoms with Crippen LogP contribution in [-0.2, 0) is 0 Å². The van der Waals surface area contributed by atoms with Gasteiger partial charge in [0.05, 0.1) is 7.11 Å². The van der Waals surface area contributed by atoms with Crippen LogP contribution in [-0.4, -0.2) is 7.11 Å². The number of rotatable bonds is 2. The van der Waals surface area contributed by atoms with E-state index in [9.17, 15) is 0 Å². The van der Waals surface area contributed by atoms with E-state index in [-0.39, 0.29) is 0 Å². The average molecular weight is 188 g/mol. The lowest BCUT2D eigenvalue weighted by Crippen LogP contribution is -2.01. The van der Waals surface area contributed by atoms with Gasteiger partial charge in [-0.05, 0) is 25.3 Å². The molecule has 74 valence electrons. The summed E-state index contributed by atoms with van der Waals surface area (Å²) in [5, 5.41) is 0. The molecule has 0 amide bonds. The Bertz CT molecular complexity index is 328. The summed E-state index contributed by atoms with van der Waals surface area (Å²) in [5.74, 6) is 1.57. The first kappa shape index (κ1) is 9.32. The number of allylic oxidation sites excluding steroid dienone is 2. The Kier molecular flexibility index (Phi) is 2.87. The molecule has 1 aliphatic rings. The third-order valence-electron chi connectivity index (χ3n) is 2.79. The van der Waals surface area contributed by atoms with Crippen LogP contribution < -0.4 is 4.74 Å². The molecule has 1 nitrogen and oxygen atoms in total. The van der Waals surface area contributed by atoms with Gasteiger partial charge in [-0.15, -0.1) is 0 Å². The molecule has 0 N–H and O–H groups in total. The van der Waals surface area contributed by atoms with E-state index in [0.29, 0.717) is 5.92 Å². The maximum Gasteiger partial charge on any atom is 0.122 e. The highest BCUT2D eigenvalue weighted by molar-refractivity contribution is 5.38. The summed E-state index contributed by atoms with van der Waals surface area (Å²) in [4.78, 5) is 0. The van der Waals surface area contributed by atoms with E-state index in [4.69, 9.17) is 4.74 Å². The number of para-hydroxylation sites is 1. The minimum absolute atomic E-state index is 0.555. The summed E-state index contributed by atoms with van der Waals surface area (Å²) in [6.07, 6.45) is 8.35. The van der Waals surface area contributed by atoms with Crippen molar-refractivity contribution >= 4 is 0 Å². The minimum Gasteiger partial charge on any atom is -0.496 e. The van der Waals surface area contributed by atoms with Crippen LogP contribution in [0.2, 0.25) is 0 Å². The van der Waals surface area contributed by atoms with Gasteiger partial charge < -0.3 is 4.74 Å². The van der Waals surface area contributed by atoms with Crippen molar-refractivity contribution < 1.29 is 4.74 Å². The van der Waals surface area contributed by atoms with Gasteiger partial charge in [-0.25, -0.2) is 0 Å². The molecule has 14 heavy (non-hydrogen) atoms. The molecule has 2 rings (SSSR count). The molecule has 1 heteroatoms. The van der Waals surface area contributed by atoms with Crippen molar-refractivity contribution in [1.29, 1.82) is 0 Å². The van der Waals surface area contributed by atoms with Gasteiger partial charge in [-0.2, -0.15) is 0 Å². The number of ether oxygens (including phenoxy) is 1. The van der Waals surface area contributed by atoms with Crippen molar-refractivity contribution in [3.8, 4) is 5.75 Å². The molecule has 0 saturated heterocycles. The Balaban J connectivity index is 2.29. The summed E-state index contributed by atoms with van der Waals surface area (Å²) >= 11 is 0. The van der Waals surface area contributed by atoms with Crippen LogP contribution in [0.3, 0.4) is 0 Å². The van der Waals surface area contributed by atoms with Gasteiger partial charge in [0.2, 0.25) is 0 Å². The van der Waals surface area contributed by atoms with Crippen LogP contribution in [0.15, 0.2) is 36.4 Å². The highest BCUT2D eigenvalue weighted by Crippen LogP contribution is 2.33. The predicted octanol–water partition coefficient (Wildman–Crippen LogP) is 3.52. The molecule has 0 spiro atoms. The fraction of sp³-hybridized carbons (Fsp3) is 0.385. The van der Waals surface area contributed by atoms with Gasteiger partial charge in [-0.1, -0.05) is 30.4 Å². The SMILES string of the molecule is COc1ccccc1C1C=CCCC1. The molecular formula is C13H16O. The van der Waals surface area contributed by atoms with Crippen molar-refractivity contribution in [1.82, 2.24) is 0 Å². The quantitative estimate of drug-likeness (QED) is 0.645. The summed E-state index contributed by atoms with van der Waals surface area (Å²) < 4.78 is 5.36. The van der Waals surface area contributed by atoms with Crippen molar-refractivity contribution in [3.05, 3.63) is 42.0 Å². The topological polar surface area (TPSA) is 9.23 Å². The van der Waals surface area contributed by atoms with Gasteiger partial charge >= 0.3 is 0 Å². The Morgan fingerprint density at radius 3 is 2.86 bits per heavy atom. The van der Waals surface area contributed by atoms with Gasteiger partial charge in [0, 0.05) is 11.5 Å². The van der Waals surface area contributed by atoms with E-state index in [1.807, 2.05) is 12.1 Å². The van der Waals surface area contributed by atoms with E-state index in [2.05, 4.69) is 24.3 Å². The fourth-order valence-electron chi connectivity index (χ4n) is 2.04. The van der Waals surface area contributed by atoms with Crippen molar-refractivity contribution in [3.63, 3.8) is 0 Å². The normalized spacial score (nSPS) is 20.8. The van der Waals surface area contributed by atoms with Crippen LogP contribution in [0.1, 0.15) is 30.7 Å². The zero-order chi connectivity index (χ0) is 9.80. The zero-order valence-corrected chi connectivity index (χ0v) is 8.57. The van der Waals surface area contributed by atoms with E-state index in [1.54, 1.807) is 7.11 Å². The number of methoxy groups -OCH3 is 1. The molecule has 1 unspecified atom stereocenters. The molecule has 0 aliphatic heterocycles. The Morgan fingerprint density at radius 2 is 2.14 bits per heavy atom. The van der Waals surface area contributed by atoms with E-state index >= 15 is 0 Å². The van der Waals surface area contributed by atoms with Crippen LogP contribution >= 0.6 is 0 Å². The molecule has 0 fully saturated rings. The van der Waals surface area contributed by atoms with Crippen LogP contribution in [0, 0.1) is 0 Å². The standard InChI is InChI=1S/C13H16O/c1-14-13-10-6-5-9-12(13)11-7-3-2-4-8-11/h3,5-7,9-11H,2,4,8H2,1H3. The van der Waals surface area contributed by atoms with Gasteiger partial charge in [0.15, 0.2) is 0 Å². The smallest absolute Gasteiger partial charge is 0.122 e. The molecule has 1 atom stereocenters. The van der Waals surface area contributed by atoms with E-state index in [0.717, 1.165) is 5.75 Å². The Labute approximate surface area is 85.4 Å². The molecule has 1 aromatic carbocycles. The first-order valence-electron chi connectivity index (χ1n) is 5.21. The largest absolute Gasteiger partial charge is 0.496 e. The van der Waals surface area contributed by atoms with Crippen LogP contribution in [0.5, 0.6) is 5.75 Å². The second-order valence-corrected chi connectivity index (χ2v) is 3.71. The Morgan fingerprint density at radius 1 is 1.29 bits per heavy atom. The first-order valence-corrected chi connectivity index (χ1v) is 5.21. The fourth-order valence-corrected chi connectivity index (χ4v) is 2.04. The van der Waals surface area contributed by atoms with Crippen LogP contribution in [0.25, 0.3) is 0 Å². The lowest BCUT2D eigenvalue weighted by Gasteiger charge is -2.18. The molecular weight excluding hydrogens is 172 g/mol. The monoisotopic (exact) mass is 188 g/mol. The second-order valence-electron chi connectivity index (χ2n) is 3.71. The summed E-state index contributed by atoms with van der Waals surface area (Å²) in [7, 11) is 1.74. The molecule has 0 radical (unpaired) electrons. The summed E-state index contributed by atoms with van der Waals surface area (Å²) in [6.45, 7) is 0. The number of hydrogen-bond donors (Lipinski definition) is 0. The van der Waals surface area contributed by atoms with Crippen molar-refractivity contribution in [2.75, 3.05) is 7.11 Å². The molecule has 0 aromatic heterocycles. The second kappa shape index (κ2) is 4.32.